The van der Waals surface area contributed by atoms with Gasteiger partial charge in [0.05, 0.1) is 5.69 Å². The first-order valence-corrected chi connectivity index (χ1v) is 10.1. The molecule has 3 nitrogen and oxygen atoms in total. The number of halogens is 6. The molecule has 0 aliphatic rings. The van der Waals surface area contributed by atoms with Crippen LogP contribution in [0.15, 0.2) is 36.4 Å². The fourth-order valence-electron chi connectivity index (χ4n) is 2.56. The van der Waals surface area contributed by atoms with E-state index in [0.29, 0.717) is 5.56 Å². The first-order valence-electron chi connectivity index (χ1n) is 8.24. The normalized spacial score (nSPS) is 11.2. The zero-order chi connectivity index (χ0) is 21.9. The number of alkyl halides is 3. The molecule has 1 N–H and O–H groups in total. The minimum Gasteiger partial charge on any atom is -0.483 e. The third kappa shape index (κ3) is 5.08. The monoisotopic (exact) mass is 551 g/mol. The summed E-state index contributed by atoms with van der Waals surface area (Å²) >= 11 is 2.31. The average molecular weight is 551 g/mol. The van der Waals surface area contributed by atoms with E-state index in [9.17, 15) is 22.0 Å². The summed E-state index contributed by atoms with van der Waals surface area (Å²) in [6, 6.07) is 8.37. The number of hydrogen-bond acceptors (Lipinski definition) is 4. The standard InChI is InChI=1S/C20H11F5INO2S/c21-15-8-11(2-1-7-28)9-16(22)18(15)29-10-14-17(12-3-5-13(26)6-4-12)27-30-19(14)20(23,24)25/h3-6,8-9,28H,7,10H2. The number of hydrogen-bond donors (Lipinski definition) is 1. The van der Waals surface area contributed by atoms with Crippen LogP contribution in [-0.2, 0) is 12.8 Å². The lowest BCUT2D eigenvalue weighted by atomic mass is 10.1. The Morgan fingerprint density at radius 2 is 1.73 bits per heavy atom. The van der Waals surface area contributed by atoms with E-state index >= 15 is 0 Å². The van der Waals surface area contributed by atoms with Crippen molar-refractivity contribution in [3.8, 4) is 28.8 Å². The molecule has 3 aromatic rings. The van der Waals surface area contributed by atoms with Crippen molar-refractivity contribution in [3.63, 3.8) is 0 Å². The smallest absolute Gasteiger partial charge is 0.427 e. The molecular weight excluding hydrogens is 540 g/mol. The van der Waals surface area contributed by atoms with Gasteiger partial charge in [-0.05, 0) is 58.4 Å². The van der Waals surface area contributed by atoms with E-state index in [2.05, 4.69) is 38.8 Å². The van der Waals surface area contributed by atoms with E-state index in [0.717, 1.165) is 15.7 Å². The molecule has 30 heavy (non-hydrogen) atoms. The van der Waals surface area contributed by atoms with Gasteiger partial charge in [-0.3, -0.25) is 0 Å². The van der Waals surface area contributed by atoms with Crippen LogP contribution in [0.25, 0.3) is 11.3 Å². The molecule has 0 atom stereocenters. The third-order valence-corrected chi connectivity index (χ3v) is 5.49. The van der Waals surface area contributed by atoms with E-state index in [1.807, 2.05) is 0 Å². The Kier molecular flexibility index (Phi) is 6.95. The Morgan fingerprint density at radius 3 is 2.30 bits per heavy atom. The first-order chi connectivity index (χ1) is 14.2. The highest BCUT2D eigenvalue weighted by atomic mass is 127. The molecule has 10 heteroatoms. The Bertz CT molecular complexity index is 1090. The van der Waals surface area contributed by atoms with Crippen molar-refractivity contribution in [1.82, 2.24) is 4.37 Å². The van der Waals surface area contributed by atoms with E-state index in [4.69, 9.17) is 9.84 Å². The van der Waals surface area contributed by atoms with Crippen molar-refractivity contribution < 1.29 is 31.8 Å². The van der Waals surface area contributed by atoms with Gasteiger partial charge < -0.3 is 9.84 Å². The van der Waals surface area contributed by atoms with Crippen molar-refractivity contribution >= 4 is 34.1 Å². The summed E-state index contributed by atoms with van der Waals surface area (Å²) in [5.74, 6) is 1.53. The van der Waals surface area contributed by atoms with Crippen LogP contribution >= 0.6 is 34.1 Å². The van der Waals surface area contributed by atoms with Crippen molar-refractivity contribution in [3.05, 3.63) is 67.6 Å². The number of aliphatic hydroxyl groups is 1. The maximum Gasteiger partial charge on any atom is 0.427 e. The number of aliphatic hydroxyl groups excluding tert-OH is 1. The molecule has 1 aromatic heterocycles. The summed E-state index contributed by atoms with van der Waals surface area (Å²) in [5.41, 5.74) is 0.113. The zero-order valence-corrected chi connectivity index (χ0v) is 17.8. The molecule has 0 radical (unpaired) electrons. The van der Waals surface area contributed by atoms with Gasteiger partial charge in [-0.15, -0.1) is 0 Å². The van der Waals surface area contributed by atoms with Gasteiger partial charge in [0.15, 0.2) is 17.4 Å². The summed E-state index contributed by atoms with van der Waals surface area (Å²) in [6.07, 6.45) is -4.70. The molecule has 2 aromatic carbocycles. The van der Waals surface area contributed by atoms with Gasteiger partial charge in [-0.2, -0.15) is 17.5 Å². The van der Waals surface area contributed by atoms with Crippen LogP contribution in [0.1, 0.15) is 16.0 Å². The summed E-state index contributed by atoms with van der Waals surface area (Å²) in [6.45, 7) is -1.23. The predicted octanol–water partition coefficient (Wildman–Crippen LogP) is 5.63. The van der Waals surface area contributed by atoms with Crippen LogP contribution in [0, 0.1) is 27.0 Å². The molecule has 0 amide bonds. The molecule has 0 spiro atoms. The molecule has 0 aliphatic heterocycles. The fourth-order valence-corrected chi connectivity index (χ4v) is 3.68. The predicted molar refractivity (Wildman–Crippen MR) is 110 cm³/mol. The second-order valence-corrected chi connectivity index (χ2v) is 7.88. The summed E-state index contributed by atoms with van der Waals surface area (Å²) in [5, 5.41) is 8.65. The van der Waals surface area contributed by atoms with Crippen LogP contribution in [-0.4, -0.2) is 16.1 Å². The number of rotatable bonds is 4. The van der Waals surface area contributed by atoms with Crippen LogP contribution < -0.4 is 4.74 Å². The lowest BCUT2D eigenvalue weighted by molar-refractivity contribution is -0.135. The van der Waals surface area contributed by atoms with Crippen LogP contribution in [0.4, 0.5) is 22.0 Å². The lowest BCUT2D eigenvalue weighted by Gasteiger charge is -2.12. The minimum atomic E-state index is -4.70. The van der Waals surface area contributed by atoms with Gasteiger partial charge in [0.2, 0.25) is 0 Å². The Labute approximate surface area is 185 Å². The van der Waals surface area contributed by atoms with Gasteiger partial charge in [0, 0.05) is 20.3 Å². The van der Waals surface area contributed by atoms with Crippen molar-refractivity contribution in [2.24, 2.45) is 0 Å². The maximum absolute atomic E-state index is 14.2. The highest BCUT2D eigenvalue weighted by Crippen LogP contribution is 2.40. The lowest BCUT2D eigenvalue weighted by Crippen LogP contribution is -2.09. The zero-order valence-electron chi connectivity index (χ0n) is 14.9. The second-order valence-electron chi connectivity index (χ2n) is 5.86. The van der Waals surface area contributed by atoms with Crippen molar-refractivity contribution in [2.45, 2.75) is 12.8 Å². The topological polar surface area (TPSA) is 42.4 Å². The molecule has 0 aliphatic carbocycles. The quantitative estimate of drug-likeness (QED) is 0.260. The highest BCUT2D eigenvalue weighted by molar-refractivity contribution is 14.1. The SMILES string of the molecule is OCC#Cc1cc(F)c(OCc2c(-c3ccc(I)cc3)nsc2C(F)(F)F)c(F)c1. The largest absolute Gasteiger partial charge is 0.483 e. The van der Waals surface area contributed by atoms with Gasteiger partial charge in [-0.1, -0.05) is 24.0 Å². The average Bonchev–Trinajstić information content (AvgIpc) is 3.10. The second kappa shape index (κ2) is 9.28. The minimum absolute atomic E-state index is 0.0370. The Balaban J connectivity index is 1.96. The number of aromatic nitrogens is 1. The van der Waals surface area contributed by atoms with Crippen LogP contribution in [0.2, 0.25) is 0 Å². The molecular formula is C20H11F5INO2S. The summed E-state index contributed by atoms with van der Waals surface area (Å²) < 4.78 is 78.6. The first kappa shape index (κ1) is 22.5. The van der Waals surface area contributed by atoms with Crippen LogP contribution in [0.5, 0.6) is 5.75 Å². The molecule has 0 unspecified atom stereocenters. The van der Waals surface area contributed by atoms with Gasteiger partial charge >= 0.3 is 6.18 Å². The number of ether oxygens (including phenoxy) is 1. The highest BCUT2D eigenvalue weighted by Gasteiger charge is 2.38. The molecule has 156 valence electrons. The van der Waals surface area contributed by atoms with Gasteiger partial charge in [0.1, 0.15) is 18.1 Å². The van der Waals surface area contributed by atoms with E-state index in [1.54, 1.807) is 24.3 Å². The Hall–Kier alpha value is -2.23. The molecule has 1 heterocycles. The Morgan fingerprint density at radius 1 is 1.10 bits per heavy atom. The molecule has 3 rings (SSSR count). The molecule has 0 saturated carbocycles. The maximum atomic E-state index is 14.2. The van der Waals surface area contributed by atoms with Gasteiger partial charge in [-0.25, -0.2) is 8.78 Å². The molecule has 0 saturated heterocycles. The molecule has 0 bridgehead atoms. The van der Waals surface area contributed by atoms with E-state index in [-0.39, 0.29) is 28.4 Å². The molecule has 0 fully saturated rings. The van der Waals surface area contributed by atoms with Gasteiger partial charge in [0.25, 0.3) is 0 Å². The van der Waals surface area contributed by atoms with E-state index < -0.39 is 41.7 Å². The van der Waals surface area contributed by atoms with Crippen LogP contribution in [0.3, 0.4) is 0 Å². The van der Waals surface area contributed by atoms with E-state index in [1.165, 1.54) is 0 Å². The van der Waals surface area contributed by atoms with Crippen molar-refractivity contribution in [2.75, 3.05) is 6.61 Å². The fraction of sp³-hybridized carbons (Fsp3) is 0.150. The number of nitrogens with zero attached hydrogens (tertiary/aromatic N) is 1. The van der Waals surface area contributed by atoms with Crippen molar-refractivity contribution in [1.29, 1.82) is 0 Å². The third-order valence-electron chi connectivity index (χ3n) is 3.83. The summed E-state index contributed by atoms with van der Waals surface area (Å²) in [4.78, 5) is -0.998. The summed E-state index contributed by atoms with van der Waals surface area (Å²) in [7, 11) is 0. The number of benzene rings is 2.